The first-order chi connectivity index (χ1) is 15.8. The minimum absolute atomic E-state index is 0.119. The van der Waals surface area contributed by atoms with E-state index in [-0.39, 0.29) is 30.2 Å². The molecule has 0 saturated carbocycles. The quantitative estimate of drug-likeness (QED) is 0.432. The van der Waals surface area contributed by atoms with E-state index < -0.39 is 10.0 Å². The summed E-state index contributed by atoms with van der Waals surface area (Å²) in [4.78, 5) is 21.4. The van der Waals surface area contributed by atoms with Crippen LogP contribution in [0.1, 0.15) is 12.0 Å². The number of nitrogens with zero attached hydrogens (tertiary/aromatic N) is 4. The summed E-state index contributed by atoms with van der Waals surface area (Å²) in [5.41, 5.74) is 3.50. The summed E-state index contributed by atoms with van der Waals surface area (Å²) in [5, 5.41) is 14.7. The van der Waals surface area contributed by atoms with Crippen LogP contribution in [0.15, 0.2) is 53.6 Å². The van der Waals surface area contributed by atoms with Gasteiger partial charge in [0.25, 0.3) is 0 Å². The van der Waals surface area contributed by atoms with Crippen molar-refractivity contribution in [3.05, 3.63) is 57.8 Å². The zero-order valence-corrected chi connectivity index (χ0v) is 20.5. The van der Waals surface area contributed by atoms with E-state index in [0.717, 1.165) is 19.0 Å². The Morgan fingerprint density at radius 2 is 2.00 bits per heavy atom. The van der Waals surface area contributed by atoms with Crippen LogP contribution in [0.25, 0.3) is 11.3 Å². The highest BCUT2D eigenvalue weighted by atomic mass is 127. The molecule has 0 saturated heterocycles. The Morgan fingerprint density at radius 1 is 1.24 bits per heavy atom. The first-order valence-electron chi connectivity index (χ1n) is 9.94. The molecular weight excluding hydrogens is 555 g/mol. The van der Waals surface area contributed by atoms with Gasteiger partial charge >= 0.3 is 0 Å². The molecule has 4 rings (SSSR count). The second-order valence-electron chi connectivity index (χ2n) is 7.37. The number of hydrogen-bond acceptors (Lipinski definition) is 7. The van der Waals surface area contributed by atoms with Crippen molar-refractivity contribution in [2.24, 2.45) is 0 Å². The van der Waals surface area contributed by atoms with E-state index in [0.29, 0.717) is 23.0 Å². The average Bonchev–Trinajstić information content (AvgIpc) is 2.92. The van der Waals surface area contributed by atoms with E-state index in [1.165, 1.54) is 19.2 Å². The lowest BCUT2D eigenvalue weighted by Crippen LogP contribution is -2.27. The van der Waals surface area contributed by atoms with E-state index in [1.54, 1.807) is 18.3 Å². The SMILES string of the molecule is CN(CCC#N)S(=O)(=O)c1ccc(Nc2ncc3c(n2)-c2ccc(I)cc2NC(=O)C3)cc1. The monoisotopic (exact) mass is 574 g/mol. The average molecular weight is 574 g/mol. The molecule has 1 aliphatic heterocycles. The van der Waals surface area contributed by atoms with Gasteiger partial charge in [-0.15, -0.1) is 0 Å². The van der Waals surface area contributed by atoms with Crippen LogP contribution in [-0.4, -0.2) is 42.2 Å². The van der Waals surface area contributed by atoms with Gasteiger partial charge in [-0.3, -0.25) is 4.79 Å². The van der Waals surface area contributed by atoms with E-state index in [1.807, 2.05) is 24.3 Å². The Bertz CT molecular complexity index is 1370. The minimum Gasteiger partial charge on any atom is -0.325 e. The van der Waals surface area contributed by atoms with Crippen LogP contribution in [0.3, 0.4) is 0 Å². The summed E-state index contributed by atoms with van der Waals surface area (Å²) in [5.74, 6) is 0.201. The summed E-state index contributed by atoms with van der Waals surface area (Å²) in [6.45, 7) is 0.125. The lowest BCUT2D eigenvalue weighted by molar-refractivity contribution is -0.115. The molecule has 2 aromatic carbocycles. The fourth-order valence-corrected chi connectivity index (χ4v) is 5.03. The second kappa shape index (κ2) is 9.42. The molecule has 0 radical (unpaired) electrons. The second-order valence-corrected chi connectivity index (χ2v) is 10.7. The number of hydrogen-bond donors (Lipinski definition) is 2. The van der Waals surface area contributed by atoms with Crippen molar-refractivity contribution in [3.63, 3.8) is 0 Å². The van der Waals surface area contributed by atoms with Gasteiger partial charge < -0.3 is 10.6 Å². The number of carbonyl (C=O) groups is 1. The van der Waals surface area contributed by atoms with Gasteiger partial charge in [0.1, 0.15) is 0 Å². The van der Waals surface area contributed by atoms with Gasteiger partial charge in [-0.05, 0) is 65.1 Å². The van der Waals surface area contributed by atoms with Crippen LogP contribution in [0.4, 0.5) is 17.3 Å². The van der Waals surface area contributed by atoms with Gasteiger partial charge in [0.15, 0.2) is 0 Å². The van der Waals surface area contributed by atoms with E-state index >= 15 is 0 Å². The molecule has 0 fully saturated rings. The largest absolute Gasteiger partial charge is 0.325 e. The first kappa shape index (κ1) is 23.1. The highest BCUT2D eigenvalue weighted by molar-refractivity contribution is 14.1. The highest BCUT2D eigenvalue weighted by Crippen LogP contribution is 2.34. The molecule has 0 atom stereocenters. The van der Waals surface area contributed by atoms with Crippen LogP contribution in [0, 0.1) is 14.9 Å². The van der Waals surface area contributed by atoms with Crippen molar-refractivity contribution < 1.29 is 13.2 Å². The number of benzene rings is 2. The van der Waals surface area contributed by atoms with Crippen molar-refractivity contribution in [2.75, 3.05) is 24.2 Å². The van der Waals surface area contributed by atoms with Crippen LogP contribution in [0.2, 0.25) is 0 Å². The smallest absolute Gasteiger partial charge is 0.242 e. The Hall–Kier alpha value is -3.08. The molecule has 0 bridgehead atoms. The Labute approximate surface area is 205 Å². The van der Waals surface area contributed by atoms with Gasteiger partial charge in [0.2, 0.25) is 21.9 Å². The summed E-state index contributed by atoms with van der Waals surface area (Å²) in [7, 11) is -2.23. The lowest BCUT2D eigenvalue weighted by Gasteiger charge is -2.16. The third kappa shape index (κ3) is 4.97. The number of carbonyl (C=O) groups excluding carboxylic acids is 1. The van der Waals surface area contributed by atoms with Gasteiger partial charge in [-0.2, -0.15) is 9.57 Å². The molecule has 33 heavy (non-hydrogen) atoms. The zero-order chi connectivity index (χ0) is 23.6. The summed E-state index contributed by atoms with van der Waals surface area (Å²) in [6.07, 6.45) is 1.92. The molecule has 11 heteroatoms. The number of sulfonamides is 1. The topological polar surface area (TPSA) is 128 Å². The van der Waals surface area contributed by atoms with Crippen LogP contribution < -0.4 is 10.6 Å². The number of nitrogens with one attached hydrogen (secondary N) is 2. The predicted octanol–water partition coefficient (Wildman–Crippen LogP) is 3.52. The molecule has 2 N–H and O–H groups in total. The maximum Gasteiger partial charge on any atom is 0.242 e. The molecule has 3 aromatic rings. The fraction of sp³-hybridized carbons (Fsp3) is 0.182. The van der Waals surface area contributed by atoms with Crippen molar-refractivity contribution in [3.8, 4) is 17.3 Å². The maximum absolute atomic E-state index is 12.6. The third-order valence-corrected chi connectivity index (χ3v) is 7.63. The third-order valence-electron chi connectivity index (χ3n) is 5.08. The summed E-state index contributed by atoms with van der Waals surface area (Å²) >= 11 is 2.19. The number of amides is 1. The molecule has 0 aliphatic carbocycles. The molecule has 1 amide bonds. The van der Waals surface area contributed by atoms with Crippen molar-refractivity contribution in [1.82, 2.24) is 14.3 Å². The molecule has 0 spiro atoms. The molecule has 0 unspecified atom stereocenters. The molecular formula is C22H19IN6O3S. The van der Waals surface area contributed by atoms with Crippen LogP contribution in [-0.2, 0) is 21.2 Å². The van der Waals surface area contributed by atoms with Gasteiger partial charge in [-0.25, -0.2) is 18.4 Å². The zero-order valence-electron chi connectivity index (χ0n) is 17.5. The van der Waals surface area contributed by atoms with Crippen molar-refractivity contribution in [2.45, 2.75) is 17.7 Å². The van der Waals surface area contributed by atoms with E-state index in [9.17, 15) is 13.2 Å². The van der Waals surface area contributed by atoms with Crippen LogP contribution in [0.5, 0.6) is 0 Å². The normalized spacial score (nSPS) is 12.8. The Balaban J connectivity index is 1.60. The molecule has 1 aromatic heterocycles. The fourth-order valence-electron chi connectivity index (χ4n) is 3.37. The molecule has 168 valence electrons. The van der Waals surface area contributed by atoms with Crippen LogP contribution >= 0.6 is 22.6 Å². The summed E-state index contributed by atoms with van der Waals surface area (Å²) < 4.78 is 27.4. The number of aromatic nitrogens is 2. The molecule has 1 aliphatic rings. The number of halogens is 1. The van der Waals surface area contributed by atoms with Gasteiger partial charge in [0.05, 0.1) is 28.8 Å². The number of fused-ring (bicyclic) bond motifs is 3. The maximum atomic E-state index is 12.6. The number of anilines is 3. The van der Waals surface area contributed by atoms with E-state index in [2.05, 4.69) is 43.2 Å². The number of rotatable bonds is 6. The van der Waals surface area contributed by atoms with Gasteiger partial charge in [-0.1, -0.05) is 0 Å². The highest BCUT2D eigenvalue weighted by Gasteiger charge is 2.22. The lowest BCUT2D eigenvalue weighted by atomic mass is 10.1. The Kier molecular flexibility index (Phi) is 6.59. The number of nitriles is 1. The van der Waals surface area contributed by atoms with E-state index in [4.69, 9.17) is 5.26 Å². The van der Waals surface area contributed by atoms with Crippen molar-refractivity contribution >= 4 is 55.8 Å². The minimum atomic E-state index is -3.68. The summed E-state index contributed by atoms with van der Waals surface area (Å²) in [6, 6.07) is 13.9. The standard InChI is InChI=1S/C22H19IN6O3S/c1-29(10-2-9-24)33(31,32)17-6-4-16(5-7-17)26-22-25-13-14-11-20(30)27-19-12-15(23)3-8-18(19)21(14)28-22/h3-8,12-13H,2,10-11H2,1H3,(H,27,30)(H,25,26,28). The molecule has 9 nitrogen and oxygen atoms in total. The van der Waals surface area contributed by atoms with Crippen molar-refractivity contribution in [1.29, 1.82) is 5.26 Å². The Morgan fingerprint density at radius 3 is 2.73 bits per heavy atom. The molecule has 2 heterocycles. The predicted molar refractivity (Wildman–Crippen MR) is 132 cm³/mol. The first-order valence-corrected chi connectivity index (χ1v) is 12.5. The van der Waals surface area contributed by atoms with Gasteiger partial charge in [0, 0.05) is 46.6 Å².